The van der Waals surface area contributed by atoms with Gasteiger partial charge in [0.2, 0.25) is 0 Å². The fraction of sp³-hybridized carbons (Fsp3) is 0.333. The molecule has 2 atom stereocenters. The molecule has 0 aliphatic carbocycles. The van der Waals surface area contributed by atoms with Crippen LogP contribution < -0.4 is 4.74 Å². The van der Waals surface area contributed by atoms with Crippen molar-refractivity contribution in [2.24, 2.45) is 5.92 Å². The molecule has 1 aliphatic rings. The highest BCUT2D eigenvalue weighted by molar-refractivity contribution is 6.30. The van der Waals surface area contributed by atoms with Crippen molar-refractivity contribution in [2.45, 2.75) is 25.4 Å². The fourth-order valence-electron chi connectivity index (χ4n) is 2.91. The summed E-state index contributed by atoms with van der Waals surface area (Å²) >= 11 is 12.1. The van der Waals surface area contributed by atoms with E-state index in [1.807, 2.05) is 24.3 Å². The van der Waals surface area contributed by atoms with E-state index in [2.05, 4.69) is 24.3 Å². The van der Waals surface area contributed by atoms with Gasteiger partial charge in [-0.2, -0.15) is 0 Å². The lowest BCUT2D eigenvalue weighted by atomic mass is 9.94. The summed E-state index contributed by atoms with van der Waals surface area (Å²) in [7, 11) is 0. The van der Waals surface area contributed by atoms with Crippen molar-refractivity contribution in [3.63, 3.8) is 0 Å². The molecule has 0 aromatic heterocycles. The third kappa shape index (κ3) is 3.72. The molecule has 3 heteroatoms. The molecule has 2 unspecified atom stereocenters. The van der Waals surface area contributed by atoms with Gasteiger partial charge in [0.1, 0.15) is 11.9 Å². The highest BCUT2D eigenvalue weighted by Crippen LogP contribution is 2.31. The highest BCUT2D eigenvalue weighted by Gasteiger charge is 2.25. The lowest BCUT2D eigenvalue weighted by Crippen LogP contribution is -2.20. The third-order valence-electron chi connectivity index (χ3n) is 3.97. The Morgan fingerprint density at radius 3 is 2.57 bits per heavy atom. The van der Waals surface area contributed by atoms with Crippen LogP contribution in [0.5, 0.6) is 5.75 Å². The molecule has 3 rings (SSSR count). The molecule has 0 radical (unpaired) electrons. The van der Waals surface area contributed by atoms with Crippen LogP contribution in [0.4, 0.5) is 0 Å². The zero-order chi connectivity index (χ0) is 14.7. The third-order valence-corrected chi connectivity index (χ3v) is 4.65. The van der Waals surface area contributed by atoms with Gasteiger partial charge in [-0.25, -0.2) is 0 Å². The predicted molar refractivity (Wildman–Crippen MR) is 88.5 cm³/mol. The Morgan fingerprint density at radius 1 is 1.10 bits per heavy atom. The second-order valence-corrected chi connectivity index (χ2v) is 6.38. The second kappa shape index (κ2) is 6.72. The Bertz CT molecular complexity index is 569. The molecule has 0 saturated heterocycles. The quantitative estimate of drug-likeness (QED) is 0.694. The SMILES string of the molecule is ClCC(Cc1ccc(Cl)cc1)CC1Cc2ccccc2O1. The summed E-state index contributed by atoms with van der Waals surface area (Å²) in [6.45, 7) is 0. The summed E-state index contributed by atoms with van der Waals surface area (Å²) in [6, 6.07) is 16.3. The van der Waals surface area contributed by atoms with E-state index in [1.54, 1.807) is 0 Å². The molecular weight excluding hydrogens is 303 g/mol. The van der Waals surface area contributed by atoms with Gasteiger partial charge >= 0.3 is 0 Å². The lowest BCUT2D eigenvalue weighted by Gasteiger charge is -2.18. The van der Waals surface area contributed by atoms with Gasteiger partial charge in [-0.05, 0) is 48.1 Å². The van der Waals surface area contributed by atoms with Crippen molar-refractivity contribution >= 4 is 23.2 Å². The van der Waals surface area contributed by atoms with E-state index in [-0.39, 0.29) is 6.10 Å². The summed E-state index contributed by atoms with van der Waals surface area (Å²) < 4.78 is 6.02. The van der Waals surface area contributed by atoms with Crippen LogP contribution in [0.15, 0.2) is 48.5 Å². The Morgan fingerprint density at radius 2 is 1.86 bits per heavy atom. The number of para-hydroxylation sites is 1. The van der Waals surface area contributed by atoms with E-state index >= 15 is 0 Å². The average molecular weight is 321 g/mol. The number of hydrogen-bond acceptors (Lipinski definition) is 1. The van der Waals surface area contributed by atoms with Crippen LogP contribution in [0.2, 0.25) is 5.02 Å². The topological polar surface area (TPSA) is 9.23 Å². The van der Waals surface area contributed by atoms with Crippen molar-refractivity contribution in [2.75, 3.05) is 5.88 Å². The Kier molecular flexibility index (Phi) is 4.72. The minimum Gasteiger partial charge on any atom is -0.490 e. The van der Waals surface area contributed by atoms with E-state index < -0.39 is 0 Å². The summed E-state index contributed by atoms with van der Waals surface area (Å²) in [5.74, 6) is 2.10. The summed E-state index contributed by atoms with van der Waals surface area (Å²) in [5, 5.41) is 0.774. The van der Waals surface area contributed by atoms with E-state index in [0.717, 1.165) is 30.0 Å². The maximum atomic E-state index is 6.16. The smallest absolute Gasteiger partial charge is 0.123 e. The first-order valence-electron chi connectivity index (χ1n) is 7.29. The first-order chi connectivity index (χ1) is 10.2. The number of halogens is 2. The summed E-state index contributed by atoms with van der Waals surface area (Å²) in [5.41, 5.74) is 2.59. The van der Waals surface area contributed by atoms with Gasteiger partial charge in [0.05, 0.1) is 0 Å². The highest BCUT2D eigenvalue weighted by atomic mass is 35.5. The largest absolute Gasteiger partial charge is 0.490 e. The van der Waals surface area contributed by atoms with Crippen LogP contribution >= 0.6 is 23.2 Å². The molecule has 2 aromatic carbocycles. The molecule has 0 amide bonds. The van der Waals surface area contributed by atoms with Crippen molar-refractivity contribution in [3.05, 3.63) is 64.7 Å². The van der Waals surface area contributed by atoms with Gasteiger partial charge in [-0.15, -0.1) is 11.6 Å². The zero-order valence-corrected chi connectivity index (χ0v) is 13.3. The normalized spacial score (nSPS) is 18.1. The molecule has 0 bridgehead atoms. The molecule has 1 aliphatic heterocycles. The van der Waals surface area contributed by atoms with Gasteiger partial charge in [0.15, 0.2) is 0 Å². The number of rotatable bonds is 5. The van der Waals surface area contributed by atoms with Crippen molar-refractivity contribution in [1.29, 1.82) is 0 Å². The first-order valence-corrected chi connectivity index (χ1v) is 8.21. The molecule has 110 valence electrons. The van der Waals surface area contributed by atoms with Gasteiger partial charge in [-0.3, -0.25) is 0 Å². The Hall–Kier alpha value is -1.18. The fourth-order valence-corrected chi connectivity index (χ4v) is 3.27. The summed E-state index contributed by atoms with van der Waals surface area (Å²) in [6.07, 6.45) is 3.19. The maximum Gasteiger partial charge on any atom is 0.123 e. The molecule has 1 heterocycles. The van der Waals surface area contributed by atoms with Crippen LogP contribution in [-0.2, 0) is 12.8 Å². The van der Waals surface area contributed by atoms with Crippen LogP contribution in [0.3, 0.4) is 0 Å². The Labute approximate surface area is 135 Å². The number of benzene rings is 2. The molecule has 2 aromatic rings. The van der Waals surface area contributed by atoms with Crippen LogP contribution in [0.1, 0.15) is 17.5 Å². The first kappa shape index (κ1) is 14.7. The maximum absolute atomic E-state index is 6.16. The van der Waals surface area contributed by atoms with E-state index in [4.69, 9.17) is 27.9 Å². The van der Waals surface area contributed by atoms with Gasteiger partial charge in [0.25, 0.3) is 0 Å². The van der Waals surface area contributed by atoms with E-state index in [0.29, 0.717) is 11.8 Å². The zero-order valence-electron chi connectivity index (χ0n) is 11.8. The van der Waals surface area contributed by atoms with Crippen LogP contribution in [0, 0.1) is 5.92 Å². The van der Waals surface area contributed by atoms with Crippen molar-refractivity contribution in [1.82, 2.24) is 0 Å². The molecular formula is C18H18Cl2O. The van der Waals surface area contributed by atoms with Gasteiger partial charge in [0, 0.05) is 17.3 Å². The monoisotopic (exact) mass is 320 g/mol. The molecule has 0 spiro atoms. The molecule has 0 saturated carbocycles. The van der Waals surface area contributed by atoms with Crippen molar-refractivity contribution < 1.29 is 4.74 Å². The van der Waals surface area contributed by atoms with Crippen LogP contribution in [0.25, 0.3) is 0 Å². The minimum absolute atomic E-state index is 0.249. The van der Waals surface area contributed by atoms with E-state index in [1.165, 1.54) is 11.1 Å². The number of hydrogen-bond donors (Lipinski definition) is 0. The molecule has 21 heavy (non-hydrogen) atoms. The minimum atomic E-state index is 0.249. The van der Waals surface area contributed by atoms with Crippen LogP contribution in [-0.4, -0.2) is 12.0 Å². The number of fused-ring (bicyclic) bond motifs is 1. The van der Waals surface area contributed by atoms with Gasteiger partial charge < -0.3 is 4.74 Å². The van der Waals surface area contributed by atoms with Gasteiger partial charge in [-0.1, -0.05) is 41.9 Å². The predicted octanol–water partition coefficient (Wildman–Crippen LogP) is 5.13. The molecule has 0 N–H and O–H groups in total. The lowest BCUT2D eigenvalue weighted by molar-refractivity contribution is 0.198. The average Bonchev–Trinajstić information content (AvgIpc) is 2.91. The number of ether oxygens (including phenoxy) is 1. The molecule has 1 nitrogen and oxygen atoms in total. The van der Waals surface area contributed by atoms with Crippen molar-refractivity contribution in [3.8, 4) is 5.75 Å². The standard InChI is InChI=1S/C18H18Cl2O/c19-12-14(9-13-5-7-16(20)8-6-13)10-17-11-15-3-1-2-4-18(15)21-17/h1-8,14,17H,9-12H2. The summed E-state index contributed by atoms with van der Waals surface area (Å²) in [4.78, 5) is 0. The Balaban J connectivity index is 1.60. The molecule has 0 fully saturated rings. The number of alkyl halides is 1. The second-order valence-electron chi connectivity index (χ2n) is 5.64. The van der Waals surface area contributed by atoms with E-state index in [9.17, 15) is 0 Å².